The van der Waals surface area contributed by atoms with Gasteiger partial charge in [0, 0.05) is 37.1 Å². The van der Waals surface area contributed by atoms with Crippen molar-refractivity contribution >= 4 is 23.4 Å². The Kier molecular flexibility index (Phi) is 18.0. The molecule has 1 heterocycles. The molecule has 0 unspecified atom stereocenters. The molecule has 0 aromatic heterocycles. The van der Waals surface area contributed by atoms with Crippen LogP contribution in [0.5, 0.6) is 0 Å². The van der Waals surface area contributed by atoms with E-state index in [9.17, 15) is 14.4 Å². The van der Waals surface area contributed by atoms with Crippen molar-refractivity contribution in [1.82, 2.24) is 10.6 Å². The van der Waals surface area contributed by atoms with Gasteiger partial charge in [-0.2, -0.15) is 0 Å². The van der Waals surface area contributed by atoms with Crippen LogP contribution < -0.4 is 21.4 Å². The highest BCUT2D eigenvalue weighted by Crippen LogP contribution is 2.26. The van der Waals surface area contributed by atoms with Crippen molar-refractivity contribution in [3.63, 3.8) is 0 Å². The molecule has 1 aliphatic heterocycles. The lowest BCUT2D eigenvalue weighted by molar-refractivity contribution is -0.126. The van der Waals surface area contributed by atoms with Crippen LogP contribution in [0.1, 0.15) is 48.8 Å². The summed E-state index contributed by atoms with van der Waals surface area (Å²) >= 11 is 0. The first kappa shape index (κ1) is 36.6. The molecule has 0 fully saturated rings. The van der Waals surface area contributed by atoms with E-state index in [0.717, 1.165) is 41.6 Å². The number of hydrogen-bond donors (Lipinski definition) is 3. The smallest absolute Gasteiger partial charge is 0.248 e. The van der Waals surface area contributed by atoms with Crippen molar-refractivity contribution in [2.75, 3.05) is 77.5 Å². The zero-order valence-corrected chi connectivity index (χ0v) is 26.4. The van der Waals surface area contributed by atoms with Gasteiger partial charge < -0.3 is 34.5 Å². The van der Waals surface area contributed by atoms with Crippen molar-refractivity contribution in [3.05, 3.63) is 65.2 Å². The molecule has 2 aromatic carbocycles. The van der Waals surface area contributed by atoms with Crippen LogP contribution in [0.2, 0.25) is 0 Å². The fourth-order valence-electron chi connectivity index (χ4n) is 4.55. The van der Waals surface area contributed by atoms with Gasteiger partial charge in [0.25, 0.3) is 0 Å². The summed E-state index contributed by atoms with van der Waals surface area (Å²) in [5.74, 6) is 11.0. The maximum atomic E-state index is 13.3. The maximum absolute atomic E-state index is 13.3. The minimum Gasteiger partial charge on any atom is -0.379 e. The Morgan fingerprint density at radius 2 is 1.28 bits per heavy atom. The molecule has 12 nitrogen and oxygen atoms in total. The van der Waals surface area contributed by atoms with Crippen molar-refractivity contribution in [3.8, 4) is 11.8 Å². The van der Waals surface area contributed by atoms with Crippen molar-refractivity contribution in [2.24, 2.45) is 5.90 Å². The van der Waals surface area contributed by atoms with Crippen LogP contribution >= 0.6 is 0 Å². The predicted molar refractivity (Wildman–Crippen MR) is 173 cm³/mol. The van der Waals surface area contributed by atoms with Crippen LogP contribution in [0.3, 0.4) is 0 Å². The van der Waals surface area contributed by atoms with E-state index in [1.807, 2.05) is 53.4 Å². The Morgan fingerprint density at radius 3 is 2.02 bits per heavy atom. The average Bonchev–Trinajstić information content (AvgIpc) is 3.05. The number of nitrogens with two attached hydrogens (primary N) is 1. The number of hydrogen-bond acceptors (Lipinski definition) is 9. The van der Waals surface area contributed by atoms with Crippen LogP contribution in [-0.4, -0.2) is 90.3 Å². The number of unbranched alkanes of at least 4 members (excludes halogenated alkanes) is 2. The summed E-state index contributed by atoms with van der Waals surface area (Å²) in [5.41, 5.74) is 3.69. The molecule has 0 radical (unpaired) electrons. The number of para-hydroxylation sites is 1. The van der Waals surface area contributed by atoms with Gasteiger partial charge in [-0.1, -0.05) is 48.6 Å². The number of benzene rings is 2. The lowest BCUT2D eigenvalue weighted by atomic mass is 10.0. The fourth-order valence-corrected chi connectivity index (χ4v) is 4.55. The van der Waals surface area contributed by atoms with Gasteiger partial charge in [-0.15, -0.1) is 0 Å². The molecule has 0 saturated heterocycles. The molecule has 1 aliphatic rings. The van der Waals surface area contributed by atoms with E-state index >= 15 is 0 Å². The molecule has 12 heteroatoms. The van der Waals surface area contributed by atoms with Gasteiger partial charge in [-0.25, -0.2) is 5.90 Å². The molecule has 3 rings (SSSR count). The van der Waals surface area contributed by atoms with Crippen molar-refractivity contribution in [2.45, 2.75) is 38.6 Å². The van der Waals surface area contributed by atoms with Crippen LogP contribution in [0.25, 0.3) is 0 Å². The van der Waals surface area contributed by atoms with Crippen LogP contribution in [0.4, 0.5) is 5.69 Å². The average molecular weight is 639 g/mol. The zero-order chi connectivity index (χ0) is 32.7. The Hall–Kier alpha value is -3.83. The SMILES string of the molecule is NOCC(=O)NCCOCCOCCOCCOCCC(=O)NCCCCCC(=O)N1Cc2ccccc2C#Cc2ccccc21. The molecule has 0 spiro atoms. The third-order valence-corrected chi connectivity index (χ3v) is 6.94. The van der Waals surface area contributed by atoms with Crippen LogP contribution in [0, 0.1) is 11.8 Å². The fraction of sp³-hybridized carbons (Fsp3) is 0.500. The predicted octanol–water partition coefficient (Wildman–Crippen LogP) is 2.07. The monoisotopic (exact) mass is 638 g/mol. The number of nitrogens with one attached hydrogen (secondary N) is 2. The number of carbonyl (C=O) groups excluding carboxylic acids is 3. The van der Waals surface area contributed by atoms with E-state index in [2.05, 4.69) is 27.3 Å². The van der Waals surface area contributed by atoms with E-state index in [1.54, 1.807) is 0 Å². The Balaban J connectivity index is 1.14. The summed E-state index contributed by atoms with van der Waals surface area (Å²) in [5, 5.41) is 5.50. The number of anilines is 1. The first-order chi connectivity index (χ1) is 22.6. The third kappa shape index (κ3) is 14.5. The number of amides is 3. The Morgan fingerprint density at radius 1 is 0.674 bits per heavy atom. The molecule has 0 aliphatic carbocycles. The Bertz CT molecular complexity index is 1280. The summed E-state index contributed by atoms with van der Waals surface area (Å²) in [6, 6.07) is 15.7. The van der Waals surface area contributed by atoms with E-state index < -0.39 is 0 Å². The largest absolute Gasteiger partial charge is 0.379 e. The van der Waals surface area contributed by atoms with Gasteiger partial charge in [0.1, 0.15) is 6.61 Å². The van der Waals surface area contributed by atoms with Crippen molar-refractivity contribution < 1.29 is 38.2 Å². The summed E-state index contributed by atoms with van der Waals surface area (Å²) < 4.78 is 21.6. The molecule has 2 aromatic rings. The molecule has 4 N–H and O–H groups in total. The van der Waals surface area contributed by atoms with Gasteiger partial charge in [0.15, 0.2) is 0 Å². The number of rotatable bonds is 23. The second-order valence-corrected chi connectivity index (χ2v) is 10.4. The van der Waals surface area contributed by atoms with E-state index in [1.165, 1.54) is 0 Å². The van der Waals surface area contributed by atoms with Gasteiger partial charge in [-0.05, 0) is 36.6 Å². The zero-order valence-electron chi connectivity index (χ0n) is 26.4. The topological polar surface area (TPSA) is 151 Å². The molecule has 46 heavy (non-hydrogen) atoms. The first-order valence-electron chi connectivity index (χ1n) is 15.7. The lowest BCUT2D eigenvalue weighted by Crippen LogP contribution is -2.31. The summed E-state index contributed by atoms with van der Waals surface area (Å²) in [7, 11) is 0. The minimum absolute atomic E-state index is 0.0587. The van der Waals surface area contributed by atoms with Gasteiger partial charge in [0.05, 0.1) is 65.1 Å². The van der Waals surface area contributed by atoms with Crippen LogP contribution in [-0.2, 0) is 44.7 Å². The Labute approximate surface area is 271 Å². The summed E-state index contributed by atoms with van der Waals surface area (Å²) in [6.45, 7) is 4.45. The number of carbonyl (C=O) groups is 3. The van der Waals surface area contributed by atoms with Crippen LogP contribution in [0.15, 0.2) is 48.5 Å². The highest BCUT2D eigenvalue weighted by atomic mass is 16.6. The summed E-state index contributed by atoms with van der Waals surface area (Å²) in [4.78, 5) is 42.6. The molecule has 0 atom stereocenters. The quantitative estimate of drug-likeness (QED) is 0.0945. The standard InChI is InChI=1S/C34H46N4O8/c35-46-27-33(40)37-17-19-43-21-23-45-25-24-44-22-20-42-18-15-32(39)36-16-7-1-2-12-34(41)38-26-30-10-4-3-8-28(30)13-14-29-9-5-6-11-31(29)38/h3-6,8-11H,1-2,7,12,15-27,35H2,(H,36,39)(H,37,40). The van der Waals surface area contributed by atoms with Gasteiger partial charge >= 0.3 is 0 Å². The number of fused-ring (bicyclic) bond motifs is 2. The highest BCUT2D eigenvalue weighted by molar-refractivity contribution is 5.95. The molecule has 0 saturated carbocycles. The first-order valence-corrected chi connectivity index (χ1v) is 15.7. The second kappa shape index (κ2) is 22.6. The molecule has 250 valence electrons. The highest BCUT2D eigenvalue weighted by Gasteiger charge is 2.20. The van der Waals surface area contributed by atoms with E-state index in [0.29, 0.717) is 78.9 Å². The van der Waals surface area contributed by atoms with Gasteiger partial charge in [-0.3, -0.25) is 19.2 Å². The normalized spacial score (nSPS) is 11.8. The van der Waals surface area contributed by atoms with E-state index in [4.69, 9.17) is 24.8 Å². The molecular weight excluding hydrogens is 592 g/mol. The summed E-state index contributed by atoms with van der Waals surface area (Å²) in [6.07, 6.45) is 3.11. The third-order valence-electron chi connectivity index (χ3n) is 6.94. The second-order valence-electron chi connectivity index (χ2n) is 10.4. The number of ether oxygens (including phenoxy) is 4. The minimum atomic E-state index is -0.296. The lowest BCUT2D eigenvalue weighted by Gasteiger charge is -2.26. The maximum Gasteiger partial charge on any atom is 0.248 e. The van der Waals surface area contributed by atoms with E-state index in [-0.39, 0.29) is 30.7 Å². The molecular formula is C34H46N4O8. The molecule has 0 bridgehead atoms. The number of nitrogens with zero attached hydrogens (tertiary/aromatic N) is 1. The molecule has 3 amide bonds. The van der Waals surface area contributed by atoms with Crippen molar-refractivity contribution in [1.29, 1.82) is 0 Å². The van der Waals surface area contributed by atoms with Gasteiger partial charge in [0.2, 0.25) is 17.7 Å².